The van der Waals surface area contributed by atoms with Gasteiger partial charge >= 0.3 is 0 Å². The molecule has 0 aliphatic carbocycles. The molecule has 0 aliphatic heterocycles. The number of aromatic nitrogens is 5. The molecule has 0 saturated carbocycles. The topological polar surface area (TPSA) is 48.5 Å². The van der Waals surface area contributed by atoms with Crippen LogP contribution in [-0.4, -0.2) is 32.2 Å². The van der Waals surface area contributed by atoms with E-state index in [1.807, 2.05) is 0 Å². The first kappa shape index (κ1) is 19.0. The van der Waals surface area contributed by atoms with Crippen LogP contribution in [0.25, 0.3) is 78.0 Å². The SMILES string of the molecule is [2H]c1c([2H])c([2H])c([Si](c2ccccc2)(c2cccc(-c3ccccc3)c2)c2c([2H])c([2H])c([2H])c(-c3nc(-n4c5c([2H])c([2H])c([2H])c([2H])c5c5c([2H])c([2H])c([2H])c([2H])c54)nc(-n4c5c([2H])c([2H])c([2H])c([2H])c5c5c([2H])c([2H])c([2H])c([2H])c54)n3)c2[2H])c(C([2H])([2H])[2H])c1[2H]. The molecule has 0 amide bonds. The molecule has 3 heterocycles. The van der Waals surface area contributed by atoms with Gasteiger partial charge in [-0.25, -0.2) is 0 Å². The van der Waals surface area contributed by atoms with Gasteiger partial charge < -0.3 is 0 Å². The quantitative estimate of drug-likeness (QED) is 0.113. The summed E-state index contributed by atoms with van der Waals surface area (Å²) in [5.41, 5.74) is -3.13. The number of fused-ring (bicyclic) bond motifs is 6. The molecule has 9 aromatic carbocycles. The van der Waals surface area contributed by atoms with Crippen LogP contribution in [0, 0.1) is 6.85 Å². The van der Waals surface area contributed by atoms with Gasteiger partial charge in [0.05, 0.1) is 55.0 Å². The second-order valence-electron chi connectivity index (χ2n) is 14.4. The minimum absolute atomic E-state index is 0.0831. The van der Waals surface area contributed by atoms with Crippen molar-refractivity contribution >= 4 is 72.4 Å². The number of hydrogen-bond donors (Lipinski definition) is 0. The predicted molar refractivity (Wildman–Crippen MR) is 268 cm³/mol. The van der Waals surface area contributed by atoms with Crippen LogP contribution >= 0.6 is 0 Å². The molecule has 6 heteroatoms. The van der Waals surface area contributed by atoms with E-state index in [1.54, 1.807) is 54.6 Å². The van der Waals surface area contributed by atoms with Gasteiger partial charge in [0.2, 0.25) is 11.9 Å². The lowest BCUT2D eigenvalue weighted by atomic mass is 10.1. The fraction of sp³-hybridized carbons (Fsp3) is 0.0172. The van der Waals surface area contributed by atoms with E-state index >= 15 is 0 Å². The Bertz CT molecular complexity index is 4890. The minimum Gasteiger partial charge on any atom is -0.278 e. The van der Waals surface area contributed by atoms with Crippen molar-refractivity contribution in [3.63, 3.8) is 0 Å². The molecule has 5 nitrogen and oxygen atoms in total. The first-order chi connectivity index (χ1) is 42.8. The highest BCUT2D eigenvalue weighted by molar-refractivity contribution is 7.20. The average Bonchev–Trinajstić information content (AvgIpc) is 1.64. The lowest BCUT2D eigenvalue weighted by Gasteiger charge is -2.36. The Morgan fingerprint density at radius 1 is 0.422 bits per heavy atom. The molecule has 1 atom stereocenters. The molecule has 0 saturated heterocycles. The molecule has 0 fully saturated rings. The summed E-state index contributed by atoms with van der Waals surface area (Å²) in [6, 6.07) is 1.40. The first-order valence-corrected chi connectivity index (χ1v) is 21.6. The summed E-state index contributed by atoms with van der Waals surface area (Å²) in [6.07, 6.45) is 0. The van der Waals surface area contributed by atoms with E-state index in [4.69, 9.17) is 31.4 Å². The summed E-state index contributed by atoms with van der Waals surface area (Å²) < 4.78 is 252. The van der Waals surface area contributed by atoms with Crippen LogP contribution in [0.3, 0.4) is 0 Å². The summed E-state index contributed by atoms with van der Waals surface area (Å²) in [4.78, 5) is 14.2. The van der Waals surface area contributed by atoms with E-state index in [0.717, 1.165) is 9.13 Å². The van der Waals surface area contributed by atoms with Crippen LogP contribution in [0.2, 0.25) is 0 Å². The molecule has 302 valence electrons. The van der Waals surface area contributed by atoms with Crippen LogP contribution in [0.5, 0.6) is 0 Å². The largest absolute Gasteiger partial charge is 0.278 e. The van der Waals surface area contributed by atoms with Crippen LogP contribution in [0.4, 0.5) is 0 Å². The van der Waals surface area contributed by atoms with Gasteiger partial charge in [-0.05, 0) is 62.9 Å². The molecular formula is C58H41N5Si. The molecule has 0 aliphatic rings. The molecule has 12 rings (SSSR count). The maximum Gasteiger partial charge on any atom is 0.240 e. The zero-order chi connectivity index (χ0) is 66.0. The van der Waals surface area contributed by atoms with Crippen molar-refractivity contribution in [2.45, 2.75) is 6.85 Å². The van der Waals surface area contributed by atoms with Gasteiger partial charge in [-0.1, -0.05) is 211 Å². The van der Waals surface area contributed by atoms with Gasteiger partial charge in [0, 0.05) is 31.2 Å². The monoisotopic (exact) mass is 862 g/mol. The molecule has 0 spiro atoms. The van der Waals surface area contributed by atoms with Gasteiger partial charge in [-0.3, -0.25) is 9.13 Å². The van der Waals surface area contributed by atoms with Crippen molar-refractivity contribution in [3.05, 3.63) is 236 Å². The van der Waals surface area contributed by atoms with Gasteiger partial charge in [-0.15, -0.1) is 0 Å². The van der Waals surface area contributed by atoms with Gasteiger partial charge in [0.1, 0.15) is 0 Å². The zero-order valence-corrected chi connectivity index (χ0v) is 33.8. The Balaban J connectivity index is 1.36. The number of rotatable bonds is 8. The number of hydrogen-bond acceptors (Lipinski definition) is 3. The highest BCUT2D eigenvalue weighted by atomic mass is 28.3. The van der Waals surface area contributed by atoms with Gasteiger partial charge in [-0.2, -0.15) is 15.0 Å². The Morgan fingerprint density at radius 2 is 0.922 bits per heavy atom. The number of nitrogens with zero attached hydrogens (tertiary/aromatic N) is 5. The molecule has 0 bridgehead atoms. The molecule has 64 heavy (non-hydrogen) atoms. The van der Waals surface area contributed by atoms with E-state index < -0.39 is 243 Å². The number of para-hydroxylation sites is 4. The number of benzene rings is 9. The van der Waals surface area contributed by atoms with E-state index in [0.29, 0.717) is 11.1 Å². The predicted octanol–water partition coefficient (Wildman–Crippen LogP) is 11.1. The van der Waals surface area contributed by atoms with E-state index in [-0.39, 0.29) is 10.4 Å². The van der Waals surface area contributed by atoms with Crippen LogP contribution in [0.1, 0.15) is 42.6 Å². The summed E-state index contributed by atoms with van der Waals surface area (Å²) in [6.45, 7) is -3.40. The Morgan fingerprint density at radius 3 is 1.50 bits per heavy atom. The normalized spacial score (nSPS) is 18.7. The Hall–Kier alpha value is -8.19. The average molecular weight is 863 g/mol. The maximum absolute atomic E-state index is 10.8. The second kappa shape index (κ2) is 15.3. The van der Waals surface area contributed by atoms with Crippen molar-refractivity contribution in [1.82, 2.24) is 24.1 Å². The third-order valence-corrected chi connectivity index (χ3v) is 15.5. The van der Waals surface area contributed by atoms with Crippen LogP contribution in [0.15, 0.2) is 230 Å². The van der Waals surface area contributed by atoms with Crippen molar-refractivity contribution in [3.8, 4) is 34.4 Å². The fourth-order valence-corrected chi connectivity index (χ4v) is 12.7. The lowest BCUT2D eigenvalue weighted by molar-refractivity contribution is 0.893. The molecule has 3 aromatic heterocycles. The highest BCUT2D eigenvalue weighted by Gasteiger charge is 2.43. The van der Waals surface area contributed by atoms with Crippen LogP contribution in [-0.2, 0) is 0 Å². The zero-order valence-electron chi connectivity index (χ0n) is 59.8. The van der Waals surface area contributed by atoms with E-state index in [1.165, 1.54) is 30.3 Å². The standard InChI is InChI=1S/C58H41N5Si/c1-40-20-8-17-37-55(40)64(44-25-6-3-7-26-44,45-27-18-23-42(38-45)41-21-4-2-5-22-41)46-28-19-24-43(39-46)56-59-57(62-51-33-13-9-29-47(51)48-30-10-14-34-52(48)62)61-58(60-56)63-53-35-15-11-31-49(53)50-32-12-16-36-54(50)63/h2-39H,1H3/i1D3,8D,9D,10D,11D,12D,13D,14D,15D,16D,17D,19D,20D,24D,28D,29D,30D,31D,32D,33D,34D,35D,36D,37D,39D. The van der Waals surface area contributed by atoms with Gasteiger partial charge in [0.25, 0.3) is 0 Å². The molecule has 1 unspecified atom stereocenters. The van der Waals surface area contributed by atoms with Gasteiger partial charge in [0.15, 0.2) is 13.9 Å². The first-order valence-electron chi connectivity index (χ1n) is 33.1. The van der Waals surface area contributed by atoms with Crippen molar-refractivity contribution in [1.29, 1.82) is 0 Å². The third kappa shape index (κ3) is 5.95. The summed E-state index contributed by atoms with van der Waals surface area (Å²) in [7, 11) is -5.30. The lowest BCUT2D eigenvalue weighted by Crippen LogP contribution is -2.75. The van der Waals surface area contributed by atoms with Crippen molar-refractivity contribution in [2.75, 3.05) is 0 Å². The second-order valence-corrected chi connectivity index (χ2v) is 18.0. The van der Waals surface area contributed by atoms with E-state index in [2.05, 4.69) is 0 Å². The summed E-state index contributed by atoms with van der Waals surface area (Å²) in [5, 5.41) is -2.99. The van der Waals surface area contributed by atoms with Crippen LogP contribution < -0.4 is 20.7 Å². The summed E-state index contributed by atoms with van der Waals surface area (Å²) in [5.74, 6) is -2.74. The van der Waals surface area contributed by atoms with Crippen molar-refractivity contribution in [2.24, 2.45) is 0 Å². The fourth-order valence-electron chi connectivity index (χ4n) is 8.26. The molecule has 12 aromatic rings. The Labute approximate surface area is 410 Å². The summed E-state index contributed by atoms with van der Waals surface area (Å²) >= 11 is 0. The molecule has 0 N–H and O–H groups in total. The Kier molecular flexibility index (Phi) is 4.56. The minimum atomic E-state index is -5.30. The molecular weight excluding hydrogens is 795 g/mol. The maximum atomic E-state index is 10.8. The smallest absolute Gasteiger partial charge is 0.240 e. The third-order valence-electron chi connectivity index (χ3n) is 11.0. The van der Waals surface area contributed by atoms with E-state index in [9.17, 15) is 20.6 Å². The highest BCUT2D eigenvalue weighted by Crippen LogP contribution is 2.34. The van der Waals surface area contributed by atoms with Crippen molar-refractivity contribution < 1.29 is 37.0 Å². The molecule has 0 radical (unpaired) electrons.